The predicted molar refractivity (Wildman–Crippen MR) is 108 cm³/mol. The van der Waals surface area contributed by atoms with Crippen molar-refractivity contribution in [3.8, 4) is 5.75 Å². The first-order valence-electron chi connectivity index (χ1n) is 9.72. The van der Waals surface area contributed by atoms with Crippen LogP contribution in [0.25, 0.3) is 0 Å². The van der Waals surface area contributed by atoms with Gasteiger partial charge < -0.3 is 14.2 Å². The molecular formula is C22H26N4O2. The fraction of sp³-hybridized carbons (Fsp3) is 0.364. The highest BCUT2D eigenvalue weighted by Gasteiger charge is 2.25. The van der Waals surface area contributed by atoms with Gasteiger partial charge in [0.05, 0.1) is 6.54 Å². The third kappa shape index (κ3) is 4.51. The summed E-state index contributed by atoms with van der Waals surface area (Å²) in [5, 5.41) is 4.04. The molecule has 6 nitrogen and oxygen atoms in total. The number of rotatable bonds is 6. The molecule has 1 aliphatic rings. The Bertz CT molecular complexity index is 879. The maximum Gasteiger partial charge on any atom is 0.240 e. The van der Waals surface area contributed by atoms with Crippen molar-refractivity contribution in [2.75, 3.05) is 24.5 Å². The lowest BCUT2D eigenvalue weighted by molar-refractivity contribution is 0.159. The average molecular weight is 378 g/mol. The van der Waals surface area contributed by atoms with Gasteiger partial charge >= 0.3 is 0 Å². The van der Waals surface area contributed by atoms with E-state index in [1.165, 1.54) is 11.3 Å². The van der Waals surface area contributed by atoms with E-state index in [4.69, 9.17) is 9.26 Å². The van der Waals surface area contributed by atoms with E-state index in [-0.39, 0.29) is 0 Å². The van der Waals surface area contributed by atoms with E-state index >= 15 is 0 Å². The van der Waals surface area contributed by atoms with E-state index in [1.54, 1.807) is 0 Å². The van der Waals surface area contributed by atoms with Crippen LogP contribution in [0.5, 0.6) is 5.75 Å². The SMILES string of the molecule is Cc1ccc(N2CCN(Cc3nc(COc4ccccc4)no3)[C@H](C)C2)cc1. The number of nitrogens with zero attached hydrogens (tertiary/aromatic N) is 4. The molecule has 146 valence electrons. The largest absolute Gasteiger partial charge is 0.485 e. The van der Waals surface area contributed by atoms with Gasteiger partial charge in [0.2, 0.25) is 11.7 Å². The molecule has 1 aromatic heterocycles. The monoisotopic (exact) mass is 378 g/mol. The van der Waals surface area contributed by atoms with Crippen LogP contribution in [0.4, 0.5) is 5.69 Å². The molecule has 0 amide bonds. The number of ether oxygens (including phenoxy) is 1. The molecule has 1 atom stereocenters. The number of aromatic nitrogens is 2. The summed E-state index contributed by atoms with van der Waals surface area (Å²) in [4.78, 5) is 9.31. The molecule has 6 heteroatoms. The second-order valence-electron chi connectivity index (χ2n) is 7.31. The Morgan fingerprint density at radius 2 is 1.86 bits per heavy atom. The minimum absolute atomic E-state index is 0.310. The molecule has 1 saturated heterocycles. The first-order valence-corrected chi connectivity index (χ1v) is 9.72. The Morgan fingerprint density at radius 1 is 1.07 bits per heavy atom. The molecule has 28 heavy (non-hydrogen) atoms. The van der Waals surface area contributed by atoms with E-state index in [0.29, 0.717) is 30.9 Å². The van der Waals surface area contributed by atoms with Crippen LogP contribution in [-0.4, -0.2) is 40.7 Å². The number of hydrogen-bond donors (Lipinski definition) is 0. The third-order valence-corrected chi connectivity index (χ3v) is 5.12. The zero-order chi connectivity index (χ0) is 19.3. The fourth-order valence-electron chi connectivity index (χ4n) is 3.47. The first-order chi connectivity index (χ1) is 13.7. The van der Waals surface area contributed by atoms with Gasteiger partial charge in [0.25, 0.3) is 0 Å². The lowest BCUT2D eigenvalue weighted by Crippen LogP contribution is -2.51. The number of para-hydroxylation sites is 1. The van der Waals surface area contributed by atoms with Crippen LogP contribution < -0.4 is 9.64 Å². The molecule has 1 aliphatic heterocycles. The number of aryl methyl sites for hydroxylation is 1. The molecular weight excluding hydrogens is 352 g/mol. The van der Waals surface area contributed by atoms with Crippen molar-refractivity contribution in [3.63, 3.8) is 0 Å². The highest BCUT2D eigenvalue weighted by atomic mass is 16.5. The van der Waals surface area contributed by atoms with E-state index in [0.717, 1.165) is 25.4 Å². The van der Waals surface area contributed by atoms with Gasteiger partial charge in [0.15, 0.2) is 6.61 Å². The molecule has 0 N–H and O–H groups in total. The van der Waals surface area contributed by atoms with Gasteiger partial charge in [-0.2, -0.15) is 4.98 Å². The number of hydrogen-bond acceptors (Lipinski definition) is 6. The summed E-state index contributed by atoms with van der Waals surface area (Å²) in [5.74, 6) is 2.02. The van der Waals surface area contributed by atoms with Gasteiger partial charge in [-0.1, -0.05) is 41.1 Å². The molecule has 2 heterocycles. The molecule has 4 rings (SSSR count). The molecule has 0 radical (unpaired) electrons. The molecule has 2 aromatic carbocycles. The summed E-state index contributed by atoms with van der Waals surface area (Å²) in [7, 11) is 0. The minimum atomic E-state index is 0.310. The van der Waals surface area contributed by atoms with E-state index in [2.05, 4.69) is 58.1 Å². The number of piperazine rings is 1. The van der Waals surface area contributed by atoms with Gasteiger partial charge in [0, 0.05) is 31.4 Å². The van der Waals surface area contributed by atoms with E-state index < -0.39 is 0 Å². The quantitative estimate of drug-likeness (QED) is 0.652. The van der Waals surface area contributed by atoms with Crippen molar-refractivity contribution in [3.05, 3.63) is 71.9 Å². The smallest absolute Gasteiger partial charge is 0.240 e. The summed E-state index contributed by atoms with van der Waals surface area (Å²) in [6.45, 7) is 8.29. The second-order valence-corrected chi connectivity index (χ2v) is 7.31. The van der Waals surface area contributed by atoms with Crippen LogP contribution in [0, 0.1) is 6.92 Å². The Kier molecular flexibility index (Phi) is 5.58. The van der Waals surface area contributed by atoms with Crippen LogP contribution in [0.1, 0.15) is 24.2 Å². The molecule has 1 fully saturated rings. The van der Waals surface area contributed by atoms with Crippen molar-refractivity contribution in [2.45, 2.75) is 33.0 Å². The van der Waals surface area contributed by atoms with Gasteiger partial charge in [-0.15, -0.1) is 0 Å². The van der Waals surface area contributed by atoms with Crippen LogP contribution in [-0.2, 0) is 13.2 Å². The van der Waals surface area contributed by atoms with Crippen LogP contribution in [0.15, 0.2) is 59.1 Å². The highest BCUT2D eigenvalue weighted by Crippen LogP contribution is 2.21. The molecule has 0 saturated carbocycles. The molecule has 0 aliphatic carbocycles. The average Bonchev–Trinajstić information content (AvgIpc) is 3.17. The fourth-order valence-corrected chi connectivity index (χ4v) is 3.47. The molecule has 0 spiro atoms. The van der Waals surface area contributed by atoms with Gasteiger partial charge in [0.1, 0.15) is 5.75 Å². The summed E-state index contributed by atoms with van der Waals surface area (Å²) in [6.07, 6.45) is 0. The minimum Gasteiger partial charge on any atom is -0.485 e. The Hall–Kier alpha value is -2.86. The van der Waals surface area contributed by atoms with Crippen LogP contribution in [0.3, 0.4) is 0 Å². The second kappa shape index (κ2) is 8.44. The van der Waals surface area contributed by atoms with Crippen LogP contribution >= 0.6 is 0 Å². The predicted octanol–water partition coefficient (Wildman–Crippen LogP) is 3.67. The molecule has 0 unspecified atom stereocenters. The topological polar surface area (TPSA) is 54.6 Å². The summed E-state index contributed by atoms with van der Waals surface area (Å²) in [5.41, 5.74) is 2.58. The number of benzene rings is 2. The Balaban J connectivity index is 1.30. The van der Waals surface area contributed by atoms with Crippen molar-refractivity contribution in [2.24, 2.45) is 0 Å². The van der Waals surface area contributed by atoms with E-state index in [1.807, 2.05) is 30.3 Å². The normalized spacial score (nSPS) is 17.6. The lowest BCUT2D eigenvalue weighted by atomic mass is 10.1. The molecule has 0 bridgehead atoms. The van der Waals surface area contributed by atoms with Gasteiger partial charge in [-0.25, -0.2) is 0 Å². The maximum absolute atomic E-state index is 5.68. The van der Waals surface area contributed by atoms with Crippen molar-refractivity contribution in [1.29, 1.82) is 0 Å². The van der Waals surface area contributed by atoms with Gasteiger partial charge in [-0.3, -0.25) is 4.90 Å². The Morgan fingerprint density at radius 3 is 2.61 bits per heavy atom. The lowest BCUT2D eigenvalue weighted by Gasteiger charge is -2.40. The zero-order valence-electron chi connectivity index (χ0n) is 16.4. The van der Waals surface area contributed by atoms with Crippen molar-refractivity contribution in [1.82, 2.24) is 15.0 Å². The van der Waals surface area contributed by atoms with E-state index in [9.17, 15) is 0 Å². The van der Waals surface area contributed by atoms with Crippen molar-refractivity contribution < 1.29 is 9.26 Å². The Labute approximate surface area is 165 Å². The number of anilines is 1. The summed E-state index contributed by atoms with van der Waals surface area (Å²) < 4.78 is 11.1. The molecule has 3 aromatic rings. The van der Waals surface area contributed by atoms with Crippen molar-refractivity contribution >= 4 is 5.69 Å². The highest BCUT2D eigenvalue weighted by molar-refractivity contribution is 5.48. The van der Waals surface area contributed by atoms with Gasteiger partial charge in [-0.05, 0) is 38.1 Å². The first kappa shape index (κ1) is 18.5. The zero-order valence-corrected chi connectivity index (χ0v) is 16.4. The summed E-state index contributed by atoms with van der Waals surface area (Å²) in [6, 6.07) is 18.8. The maximum atomic E-state index is 5.68. The summed E-state index contributed by atoms with van der Waals surface area (Å²) >= 11 is 0. The standard InChI is InChI=1S/C22H26N4O2/c1-17-8-10-19(11-9-17)26-13-12-25(18(2)14-26)15-22-23-21(24-28-22)16-27-20-6-4-3-5-7-20/h3-11,18H,12-16H2,1-2H3/t18-/m1/s1. The third-order valence-electron chi connectivity index (χ3n) is 5.12. The van der Waals surface area contributed by atoms with Crippen LogP contribution in [0.2, 0.25) is 0 Å².